The van der Waals surface area contributed by atoms with E-state index in [9.17, 15) is 9.90 Å². The number of hydrogen-bond acceptors (Lipinski definition) is 4. The molecule has 2 aromatic heterocycles. The number of nitrogens with one attached hydrogen (secondary N) is 1. The van der Waals surface area contributed by atoms with E-state index >= 15 is 0 Å². The van der Waals surface area contributed by atoms with E-state index in [-0.39, 0.29) is 12.5 Å². The summed E-state index contributed by atoms with van der Waals surface area (Å²) in [7, 11) is 0. The Morgan fingerprint density at radius 1 is 1.38 bits per heavy atom. The van der Waals surface area contributed by atoms with E-state index in [0.717, 1.165) is 35.9 Å². The van der Waals surface area contributed by atoms with Crippen molar-refractivity contribution in [3.63, 3.8) is 0 Å². The summed E-state index contributed by atoms with van der Waals surface area (Å²) in [4.78, 5) is 18.0. The molecular formula is C18H16Cl2N4O2. The molecule has 4 rings (SSSR count). The third-order valence-electron chi connectivity index (χ3n) is 4.75. The smallest absolute Gasteiger partial charge is 0.305 e. The second-order valence-electron chi connectivity index (χ2n) is 6.36. The molecule has 0 aliphatic carbocycles. The Kier molecular flexibility index (Phi) is 4.46. The minimum Gasteiger partial charge on any atom is -0.481 e. The van der Waals surface area contributed by atoms with Crippen molar-refractivity contribution in [1.29, 1.82) is 0 Å². The number of pyridine rings is 1. The first kappa shape index (κ1) is 17.1. The van der Waals surface area contributed by atoms with E-state index in [1.165, 1.54) is 0 Å². The van der Waals surface area contributed by atoms with Gasteiger partial charge in [-0.2, -0.15) is 5.10 Å². The van der Waals surface area contributed by atoms with Crippen LogP contribution >= 0.6 is 23.2 Å². The highest BCUT2D eigenvalue weighted by molar-refractivity contribution is 6.45. The molecule has 1 saturated heterocycles. The van der Waals surface area contributed by atoms with Crippen LogP contribution in [0.5, 0.6) is 0 Å². The van der Waals surface area contributed by atoms with Crippen molar-refractivity contribution in [3.05, 3.63) is 40.6 Å². The number of aromatic amines is 1. The Hall–Kier alpha value is -2.31. The fraction of sp³-hybridized carbons (Fsp3) is 0.278. The van der Waals surface area contributed by atoms with Crippen LogP contribution in [0.1, 0.15) is 19.3 Å². The number of carbonyl (C=O) groups is 1. The zero-order valence-electron chi connectivity index (χ0n) is 13.7. The van der Waals surface area contributed by atoms with E-state index in [2.05, 4.69) is 10.2 Å². The summed E-state index contributed by atoms with van der Waals surface area (Å²) in [6, 6.07) is 5.53. The van der Waals surface area contributed by atoms with Gasteiger partial charge in [-0.25, -0.2) is 4.98 Å². The highest BCUT2D eigenvalue weighted by Crippen LogP contribution is 2.38. The van der Waals surface area contributed by atoms with Gasteiger partial charge in [0, 0.05) is 29.7 Å². The largest absolute Gasteiger partial charge is 0.481 e. The average Bonchev–Trinajstić information content (AvgIpc) is 3.29. The summed E-state index contributed by atoms with van der Waals surface area (Å²) in [6.07, 6.45) is 5.39. The van der Waals surface area contributed by atoms with Crippen LogP contribution in [0.3, 0.4) is 0 Å². The first-order chi connectivity index (χ1) is 12.5. The molecule has 3 aromatic rings. The van der Waals surface area contributed by atoms with Crippen molar-refractivity contribution < 1.29 is 9.90 Å². The molecule has 1 atom stereocenters. The van der Waals surface area contributed by atoms with Gasteiger partial charge in [-0.05, 0) is 30.5 Å². The number of hydrogen-bond donors (Lipinski definition) is 2. The van der Waals surface area contributed by atoms with Gasteiger partial charge in [-0.15, -0.1) is 0 Å². The summed E-state index contributed by atoms with van der Waals surface area (Å²) >= 11 is 12.6. The lowest BCUT2D eigenvalue weighted by atomic mass is 10.0. The molecule has 26 heavy (non-hydrogen) atoms. The molecule has 0 amide bonds. The summed E-state index contributed by atoms with van der Waals surface area (Å²) < 4.78 is 0. The third kappa shape index (κ3) is 2.99. The molecule has 0 radical (unpaired) electrons. The van der Waals surface area contributed by atoms with Gasteiger partial charge in [-0.3, -0.25) is 9.89 Å². The molecule has 8 heteroatoms. The van der Waals surface area contributed by atoms with E-state index in [0.29, 0.717) is 21.4 Å². The SMILES string of the molecule is O=C(O)C[C@@H]1CCCN1c1cc(-c2cn[nH]c2)c2ccc(Cl)c(Cl)c2n1. The van der Waals surface area contributed by atoms with Crippen molar-refractivity contribution in [1.82, 2.24) is 15.2 Å². The van der Waals surface area contributed by atoms with Crippen molar-refractivity contribution >= 4 is 45.9 Å². The predicted molar refractivity (Wildman–Crippen MR) is 102 cm³/mol. The summed E-state index contributed by atoms with van der Waals surface area (Å²) in [5, 5.41) is 17.8. The van der Waals surface area contributed by atoms with Gasteiger partial charge >= 0.3 is 5.97 Å². The van der Waals surface area contributed by atoms with Gasteiger partial charge in [0.25, 0.3) is 0 Å². The molecular weight excluding hydrogens is 375 g/mol. The average molecular weight is 391 g/mol. The maximum Gasteiger partial charge on any atom is 0.305 e. The zero-order valence-corrected chi connectivity index (χ0v) is 15.3. The van der Waals surface area contributed by atoms with E-state index < -0.39 is 5.97 Å². The lowest BCUT2D eigenvalue weighted by Crippen LogP contribution is -2.31. The van der Waals surface area contributed by atoms with Crippen LogP contribution in [-0.4, -0.2) is 38.8 Å². The van der Waals surface area contributed by atoms with Crippen LogP contribution in [0.4, 0.5) is 5.82 Å². The topological polar surface area (TPSA) is 82.1 Å². The number of fused-ring (bicyclic) bond motifs is 1. The second-order valence-corrected chi connectivity index (χ2v) is 7.15. The van der Waals surface area contributed by atoms with Crippen LogP contribution in [0.25, 0.3) is 22.0 Å². The van der Waals surface area contributed by atoms with Crippen LogP contribution in [0, 0.1) is 0 Å². The molecule has 6 nitrogen and oxygen atoms in total. The molecule has 2 N–H and O–H groups in total. The molecule has 0 unspecified atom stereocenters. The number of rotatable bonds is 4. The predicted octanol–water partition coefficient (Wildman–Crippen LogP) is 4.38. The molecule has 1 fully saturated rings. The number of nitrogens with zero attached hydrogens (tertiary/aromatic N) is 3. The van der Waals surface area contributed by atoms with Crippen LogP contribution < -0.4 is 4.90 Å². The Bertz CT molecular complexity index is 975. The van der Waals surface area contributed by atoms with Gasteiger partial charge in [0.1, 0.15) is 5.82 Å². The van der Waals surface area contributed by atoms with E-state index in [1.54, 1.807) is 18.5 Å². The quantitative estimate of drug-likeness (QED) is 0.690. The lowest BCUT2D eigenvalue weighted by molar-refractivity contribution is -0.137. The number of H-pyrrole nitrogens is 1. The molecule has 0 spiro atoms. The van der Waals surface area contributed by atoms with Crippen molar-refractivity contribution in [3.8, 4) is 11.1 Å². The lowest BCUT2D eigenvalue weighted by Gasteiger charge is -2.25. The van der Waals surface area contributed by atoms with Gasteiger partial charge in [0.2, 0.25) is 0 Å². The van der Waals surface area contributed by atoms with Crippen LogP contribution in [0.2, 0.25) is 10.0 Å². The molecule has 1 aliphatic rings. The van der Waals surface area contributed by atoms with Gasteiger partial charge < -0.3 is 10.0 Å². The normalized spacial score (nSPS) is 17.2. The number of anilines is 1. The first-order valence-corrected chi connectivity index (χ1v) is 9.06. The maximum atomic E-state index is 11.2. The Morgan fingerprint density at radius 3 is 2.96 bits per heavy atom. The minimum atomic E-state index is -0.807. The summed E-state index contributed by atoms with van der Waals surface area (Å²) in [6.45, 7) is 0.763. The Labute approximate surface area is 159 Å². The number of halogens is 2. The highest BCUT2D eigenvalue weighted by Gasteiger charge is 2.28. The van der Waals surface area contributed by atoms with Crippen molar-refractivity contribution in [2.75, 3.05) is 11.4 Å². The Morgan fingerprint density at radius 2 is 2.23 bits per heavy atom. The number of benzene rings is 1. The monoisotopic (exact) mass is 390 g/mol. The fourth-order valence-corrected chi connectivity index (χ4v) is 3.92. The first-order valence-electron chi connectivity index (χ1n) is 8.31. The number of aliphatic carboxylic acids is 1. The third-order valence-corrected chi connectivity index (χ3v) is 5.54. The van der Waals surface area contributed by atoms with Crippen LogP contribution in [-0.2, 0) is 4.79 Å². The molecule has 0 saturated carbocycles. The fourth-order valence-electron chi connectivity index (χ4n) is 3.56. The van der Waals surface area contributed by atoms with Gasteiger partial charge in [0.15, 0.2) is 0 Å². The molecule has 1 aliphatic heterocycles. The molecule has 3 heterocycles. The second kappa shape index (κ2) is 6.78. The summed E-state index contributed by atoms with van der Waals surface area (Å²) in [5.74, 6) is -0.0968. The maximum absolute atomic E-state index is 11.2. The highest BCUT2D eigenvalue weighted by atomic mass is 35.5. The van der Waals surface area contributed by atoms with Gasteiger partial charge in [-0.1, -0.05) is 29.3 Å². The standard InChI is InChI=1S/C18H16Cl2N4O2/c19-14-4-3-12-13(10-8-21-22-9-10)7-15(23-18(12)17(14)20)24-5-1-2-11(24)6-16(25)26/h3-4,7-9,11H,1-2,5-6H2,(H,21,22)(H,25,26)/t11-/m0/s1. The van der Waals surface area contributed by atoms with Crippen molar-refractivity contribution in [2.45, 2.75) is 25.3 Å². The van der Waals surface area contributed by atoms with E-state index in [4.69, 9.17) is 28.2 Å². The zero-order chi connectivity index (χ0) is 18.3. The number of carboxylic acid groups (broad SMARTS) is 1. The van der Waals surface area contributed by atoms with Crippen molar-refractivity contribution in [2.24, 2.45) is 0 Å². The van der Waals surface area contributed by atoms with E-state index in [1.807, 2.05) is 17.0 Å². The van der Waals surface area contributed by atoms with Gasteiger partial charge in [0.05, 0.1) is 28.2 Å². The molecule has 0 bridgehead atoms. The number of carboxylic acids is 1. The van der Waals surface area contributed by atoms with Crippen LogP contribution in [0.15, 0.2) is 30.6 Å². The molecule has 134 valence electrons. The summed E-state index contributed by atoms with van der Waals surface area (Å²) in [5.41, 5.74) is 2.44. The molecule has 1 aromatic carbocycles. The number of aromatic nitrogens is 3. The minimum absolute atomic E-state index is 0.0763. The Balaban J connectivity index is 1.90.